The Bertz CT molecular complexity index is 782. The summed E-state index contributed by atoms with van der Waals surface area (Å²) in [6.07, 6.45) is 0. The predicted octanol–water partition coefficient (Wildman–Crippen LogP) is 2.79. The monoisotopic (exact) mass is 376 g/mol. The van der Waals surface area contributed by atoms with Gasteiger partial charge < -0.3 is 5.73 Å². The third kappa shape index (κ3) is 3.78. The van der Waals surface area contributed by atoms with Crippen LogP contribution in [0, 0.1) is 11.6 Å². The molecule has 0 atom stereocenters. The van der Waals surface area contributed by atoms with Gasteiger partial charge >= 0.3 is 0 Å². The summed E-state index contributed by atoms with van der Waals surface area (Å²) in [7, 11) is -3.89. The van der Waals surface area contributed by atoms with Crippen molar-refractivity contribution in [3.8, 4) is 0 Å². The molecule has 0 unspecified atom stereocenters. The van der Waals surface area contributed by atoms with Crippen LogP contribution in [0.25, 0.3) is 0 Å². The van der Waals surface area contributed by atoms with E-state index in [-0.39, 0.29) is 22.7 Å². The van der Waals surface area contributed by atoms with Gasteiger partial charge in [-0.3, -0.25) is 0 Å². The van der Waals surface area contributed by atoms with E-state index in [1.165, 1.54) is 24.3 Å². The van der Waals surface area contributed by atoms with Gasteiger partial charge in [-0.05, 0) is 24.3 Å². The van der Waals surface area contributed by atoms with Crippen molar-refractivity contribution >= 4 is 31.6 Å². The molecule has 8 heteroatoms. The Morgan fingerprint density at radius 1 is 1.14 bits per heavy atom. The molecule has 0 heterocycles. The molecule has 2 rings (SSSR count). The topological polar surface area (TPSA) is 72.2 Å². The molecule has 3 N–H and O–H groups in total. The van der Waals surface area contributed by atoms with Gasteiger partial charge in [0, 0.05) is 22.6 Å². The van der Waals surface area contributed by atoms with E-state index in [1.54, 1.807) is 0 Å². The standard InChI is InChI=1S/C13H11BrF2N2O2S/c14-9-2-4-13(12(17)5-9)21(19,20)18-7-8-1-3-10(15)6-11(8)16/h1-6,18H,7,17H2. The molecule has 0 spiro atoms. The fourth-order valence-electron chi connectivity index (χ4n) is 1.68. The molecule has 0 bridgehead atoms. The smallest absolute Gasteiger partial charge is 0.242 e. The van der Waals surface area contributed by atoms with Gasteiger partial charge in [-0.25, -0.2) is 21.9 Å². The van der Waals surface area contributed by atoms with Crippen LogP contribution in [0.15, 0.2) is 45.8 Å². The SMILES string of the molecule is Nc1cc(Br)ccc1S(=O)(=O)NCc1ccc(F)cc1F. The number of nitrogens with one attached hydrogen (secondary N) is 1. The van der Waals surface area contributed by atoms with Gasteiger partial charge in [0.1, 0.15) is 16.5 Å². The van der Waals surface area contributed by atoms with E-state index >= 15 is 0 Å². The predicted molar refractivity (Wildman–Crippen MR) is 78.9 cm³/mol. The minimum atomic E-state index is -3.89. The molecular weight excluding hydrogens is 366 g/mol. The first-order valence-electron chi connectivity index (χ1n) is 5.78. The molecule has 112 valence electrons. The number of halogens is 3. The fourth-order valence-corrected chi connectivity index (χ4v) is 3.18. The molecule has 0 aliphatic carbocycles. The number of hydrogen-bond donors (Lipinski definition) is 2. The lowest BCUT2D eigenvalue weighted by Crippen LogP contribution is -2.24. The molecule has 2 aromatic rings. The van der Waals surface area contributed by atoms with Gasteiger partial charge in [0.25, 0.3) is 0 Å². The summed E-state index contributed by atoms with van der Waals surface area (Å²) in [4.78, 5) is -0.104. The third-order valence-corrected chi connectivity index (χ3v) is 4.70. The summed E-state index contributed by atoms with van der Waals surface area (Å²) in [6, 6.07) is 7.25. The van der Waals surface area contributed by atoms with Crippen LogP contribution in [0.3, 0.4) is 0 Å². The fraction of sp³-hybridized carbons (Fsp3) is 0.0769. The van der Waals surface area contributed by atoms with Crippen LogP contribution < -0.4 is 10.5 Å². The first-order valence-corrected chi connectivity index (χ1v) is 8.06. The second-order valence-corrected chi connectivity index (χ2v) is 6.89. The minimum Gasteiger partial charge on any atom is -0.398 e. The summed E-state index contributed by atoms with van der Waals surface area (Å²) >= 11 is 3.17. The number of nitrogen functional groups attached to an aromatic ring is 1. The van der Waals surface area contributed by atoms with Crippen LogP contribution >= 0.6 is 15.9 Å². The molecule has 0 aliphatic heterocycles. The maximum Gasteiger partial charge on any atom is 0.242 e. The lowest BCUT2D eigenvalue weighted by Gasteiger charge is -2.10. The van der Waals surface area contributed by atoms with Crippen molar-refractivity contribution in [2.24, 2.45) is 0 Å². The molecule has 2 aromatic carbocycles. The summed E-state index contributed by atoms with van der Waals surface area (Å²) in [5.41, 5.74) is 5.76. The zero-order valence-electron chi connectivity index (χ0n) is 10.6. The van der Waals surface area contributed by atoms with Crippen LogP contribution in [-0.4, -0.2) is 8.42 Å². The first kappa shape index (κ1) is 15.9. The van der Waals surface area contributed by atoms with Crippen molar-refractivity contribution < 1.29 is 17.2 Å². The van der Waals surface area contributed by atoms with E-state index in [4.69, 9.17) is 5.73 Å². The Morgan fingerprint density at radius 3 is 2.48 bits per heavy atom. The first-order chi connectivity index (χ1) is 9.79. The highest BCUT2D eigenvalue weighted by molar-refractivity contribution is 9.10. The van der Waals surface area contributed by atoms with Gasteiger partial charge in [-0.1, -0.05) is 22.0 Å². The molecule has 0 amide bonds. The molecule has 0 fully saturated rings. The van der Waals surface area contributed by atoms with Crippen molar-refractivity contribution in [3.63, 3.8) is 0 Å². The number of nitrogens with two attached hydrogens (primary N) is 1. The lowest BCUT2D eigenvalue weighted by molar-refractivity contribution is 0.562. The largest absolute Gasteiger partial charge is 0.398 e. The molecule has 0 saturated carbocycles. The van der Waals surface area contributed by atoms with Gasteiger partial charge in [0.05, 0.1) is 5.69 Å². The van der Waals surface area contributed by atoms with Crippen molar-refractivity contribution in [3.05, 3.63) is 58.1 Å². The molecular formula is C13H11BrF2N2O2S. The number of sulfonamides is 1. The summed E-state index contributed by atoms with van der Waals surface area (Å²) < 4.78 is 53.3. The second kappa shape index (κ2) is 6.08. The molecule has 21 heavy (non-hydrogen) atoms. The van der Waals surface area contributed by atoms with Crippen molar-refractivity contribution in [2.45, 2.75) is 11.4 Å². The van der Waals surface area contributed by atoms with Crippen LogP contribution in [-0.2, 0) is 16.6 Å². The number of anilines is 1. The highest BCUT2D eigenvalue weighted by Gasteiger charge is 2.18. The van der Waals surface area contributed by atoms with Gasteiger partial charge in [-0.2, -0.15) is 0 Å². The summed E-state index contributed by atoms with van der Waals surface area (Å²) in [5.74, 6) is -1.54. The van der Waals surface area contributed by atoms with E-state index in [9.17, 15) is 17.2 Å². The third-order valence-electron chi connectivity index (χ3n) is 2.73. The molecule has 0 aliphatic rings. The number of rotatable bonds is 4. The Labute approximate surface area is 129 Å². The second-order valence-electron chi connectivity index (χ2n) is 4.24. The van der Waals surface area contributed by atoms with E-state index < -0.39 is 21.7 Å². The van der Waals surface area contributed by atoms with Gasteiger partial charge in [0.15, 0.2) is 0 Å². The van der Waals surface area contributed by atoms with Crippen LogP contribution in [0.5, 0.6) is 0 Å². The van der Waals surface area contributed by atoms with E-state index in [2.05, 4.69) is 20.7 Å². The Morgan fingerprint density at radius 2 is 1.86 bits per heavy atom. The number of benzene rings is 2. The highest BCUT2D eigenvalue weighted by atomic mass is 79.9. The summed E-state index contributed by atoms with van der Waals surface area (Å²) in [5, 5.41) is 0. The average Bonchev–Trinajstić information content (AvgIpc) is 2.37. The lowest BCUT2D eigenvalue weighted by atomic mass is 10.2. The molecule has 0 radical (unpaired) electrons. The Hall–Kier alpha value is -1.51. The minimum absolute atomic E-state index is 0.0376. The van der Waals surface area contributed by atoms with Crippen molar-refractivity contribution in [1.29, 1.82) is 0 Å². The summed E-state index contributed by atoms with van der Waals surface area (Å²) in [6.45, 7) is -0.302. The van der Waals surface area contributed by atoms with Gasteiger partial charge in [0.2, 0.25) is 10.0 Å². The molecule has 0 aromatic heterocycles. The quantitative estimate of drug-likeness (QED) is 0.805. The average molecular weight is 377 g/mol. The van der Waals surface area contributed by atoms with E-state index in [0.29, 0.717) is 10.5 Å². The van der Waals surface area contributed by atoms with E-state index in [0.717, 1.165) is 6.07 Å². The Kier molecular flexibility index (Phi) is 4.60. The zero-order chi connectivity index (χ0) is 15.6. The van der Waals surface area contributed by atoms with Crippen LogP contribution in [0.4, 0.5) is 14.5 Å². The zero-order valence-corrected chi connectivity index (χ0v) is 13.0. The van der Waals surface area contributed by atoms with E-state index in [1.807, 2.05) is 0 Å². The molecule has 0 saturated heterocycles. The highest BCUT2D eigenvalue weighted by Crippen LogP contribution is 2.23. The van der Waals surface area contributed by atoms with Crippen molar-refractivity contribution in [2.75, 3.05) is 5.73 Å². The molecule has 4 nitrogen and oxygen atoms in total. The van der Waals surface area contributed by atoms with Crippen LogP contribution in [0.1, 0.15) is 5.56 Å². The Balaban J connectivity index is 2.22. The normalized spacial score (nSPS) is 11.6. The maximum atomic E-state index is 13.5. The van der Waals surface area contributed by atoms with Crippen molar-refractivity contribution in [1.82, 2.24) is 4.72 Å². The van der Waals surface area contributed by atoms with Crippen LogP contribution in [0.2, 0.25) is 0 Å². The van der Waals surface area contributed by atoms with Gasteiger partial charge in [-0.15, -0.1) is 0 Å². The number of hydrogen-bond acceptors (Lipinski definition) is 3. The maximum absolute atomic E-state index is 13.5.